The van der Waals surface area contributed by atoms with Gasteiger partial charge in [-0.05, 0) is 31.5 Å². The Morgan fingerprint density at radius 1 is 1.54 bits per heavy atom. The van der Waals surface area contributed by atoms with Crippen LogP contribution in [0.25, 0.3) is 0 Å². The largest absolute Gasteiger partial charge is 0.490 e. The summed E-state index contributed by atoms with van der Waals surface area (Å²) in [6, 6.07) is 5.47. The molecule has 2 heterocycles. The van der Waals surface area contributed by atoms with E-state index < -0.39 is 5.54 Å². The van der Waals surface area contributed by atoms with Crippen molar-refractivity contribution < 1.29 is 9.53 Å². The monoisotopic (exact) mass is 365 g/mol. The summed E-state index contributed by atoms with van der Waals surface area (Å²) in [5, 5.41) is 6.61. The number of carbonyl (C=O) groups excluding carboxylic acids is 1. The van der Waals surface area contributed by atoms with Crippen LogP contribution in [0.3, 0.4) is 0 Å². The quantitative estimate of drug-likeness (QED) is 0.881. The number of hydrogen-bond donors (Lipinski definition) is 1. The molecule has 0 spiro atoms. The summed E-state index contributed by atoms with van der Waals surface area (Å²) in [7, 11) is 0. The molecule has 0 bridgehead atoms. The third kappa shape index (κ3) is 3.49. The number of fused-ring (bicyclic) bond motifs is 1. The van der Waals surface area contributed by atoms with Gasteiger partial charge in [-0.15, -0.1) is 11.3 Å². The van der Waals surface area contributed by atoms with Crippen molar-refractivity contribution in [2.75, 3.05) is 24.6 Å². The number of thiazole rings is 1. The number of hydrogen-bond acceptors (Lipinski definition) is 5. The van der Waals surface area contributed by atoms with Gasteiger partial charge < -0.3 is 15.0 Å². The van der Waals surface area contributed by atoms with Crippen molar-refractivity contribution in [2.24, 2.45) is 0 Å². The second-order valence-electron chi connectivity index (χ2n) is 5.95. The Morgan fingerprint density at radius 3 is 3.08 bits per heavy atom. The van der Waals surface area contributed by atoms with E-state index in [4.69, 9.17) is 16.3 Å². The lowest BCUT2D eigenvalue weighted by Crippen LogP contribution is -2.48. The van der Waals surface area contributed by atoms with E-state index in [0.29, 0.717) is 18.2 Å². The van der Waals surface area contributed by atoms with E-state index in [2.05, 4.69) is 10.3 Å². The molecule has 1 atom stereocenters. The van der Waals surface area contributed by atoms with Gasteiger partial charge in [0.25, 0.3) is 0 Å². The second kappa shape index (κ2) is 6.99. The molecule has 0 aliphatic carbocycles. The lowest BCUT2D eigenvalue weighted by atomic mass is 10.00. The molecule has 3 rings (SSSR count). The molecule has 0 unspecified atom stereocenters. The van der Waals surface area contributed by atoms with Crippen molar-refractivity contribution in [3.63, 3.8) is 0 Å². The van der Waals surface area contributed by atoms with E-state index in [1.807, 2.05) is 36.3 Å². The van der Waals surface area contributed by atoms with Gasteiger partial charge in [-0.1, -0.05) is 18.5 Å². The molecule has 0 saturated carbocycles. The molecule has 1 aromatic heterocycles. The molecule has 5 nitrogen and oxygen atoms in total. The van der Waals surface area contributed by atoms with Crippen LogP contribution in [0.1, 0.15) is 25.3 Å². The molecule has 2 aromatic rings. The predicted octanol–water partition coefficient (Wildman–Crippen LogP) is 3.44. The van der Waals surface area contributed by atoms with Crippen molar-refractivity contribution in [2.45, 2.75) is 25.8 Å². The summed E-state index contributed by atoms with van der Waals surface area (Å²) in [6.07, 6.45) is 2.54. The van der Waals surface area contributed by atoms with Crippen molar-refractivity contribution in [1.29, 1.82) is 0 Å². The Labute approximate surface area is 150 Å². The summed E-state index contributed by atoms with van der Waals surface area (Å²) in [6.45, 7) is 5.53. The summed E-state index contributed by atoms with van der Waals surface area (Å²) < 4.78 is 5.63. The maximum Gasteiger partial charge on any atom is 0.240 e. The number of ether oxygens (including phenoxy) is 1. The fourth-order valence-electron chi connectivity index (χ4n) is 2.72. The first-order valence-electron chi connectivity index (χ1n) is 7.90. The normalized spacial score (nSPS) is 16.0. The maximum atomic E-state index is 12.6. The van der Waals surface area contributed by atoms with Crippen molar-refractivity contribution >= 4 is 34.5 Å². The molecule has 0 saturated heterocycles. The predicted molar refractivity (Wildman–Crippen MR) is 97.1 cm³/mol. The Hall–Kier alpha value is -1.79. The number of nitrogens with one attached hydrogen (secondary N) is 1. The highest BCUT2D eigenvalue weighted by atomic mass is 35.5. The summed E-state index contributed by atoms with van der Waals surface area (Å²) in [5.74, 6) is 0.721. The van der Waals surface area contributed by atoms with Gasteiger partial charge in [0, 0.05) is 16.6 Å². The number of halogens is 1. The number of anilines is 1. The second-order valence-corrected chi connectivity index (χ2v) is 7.28. The Kier molecular flexibility index (Phi) is 4.96. The highest BCUT2D eigenvalue weighted by molar-refractivity contribution is 7.09. The molecule has 1 amide bonds. The van der Waals surface area contributed by atoms with Gasteiger partial charge in [-0.3, -0.25) is 4.79 Å². The minimum absolute atomic E-state index is 0.0395. The molecule has 1 aliphatic rings. The third-order valence-corrected chi connectivity index (χ3v) is 5.51. The van der Waals surface area contributed by atoms with E-state index in [0.717, 1.165) is 22.9 Å². The van der Waals surface area contributed by atoms with Crippen LogP contribution in [-0.4, -0.2) is 30.6 Å². The highest BCUT2D eigenvalue weighted by Crippen LogP contribution is 2.34. The van der Waals surface area contributed by atoms with Crippen LogP contribution in [0.4, 0.5) is 5.69 Å². The number of benzene rings is 1. The van der Waals surface area contributed by atoms with Gasteiger partial charge in [0.05, 0.1) is 24.3 Å². The summed E-state index contributed by atoms with van der Waals surface area (Å²) in [4.78, 5) is 19.0. The van der Waals surface area contributed by atoms with Gasteiger partial charge in [0.1, 0.15) is 17.4 Å². The topological polar surface area (TPSA) is 54.5 Å². The van der Waals surface area contributed by atoms with Crippen molar-refractivity contribution in [3.8, 4) is 5.75 Å². The van der Waals surface area contributed by atoms with Gasteiger partial charge in [0.2, 0.25) is 5.91 Å². The zero-order valence-electron chi connectivity index (χ0n) is 13.7. The average molecular weight is 366 g/mol. The first-order chi connectivity index (χ1) is 11.5. The van der Waals surface area contributed by atoms with Crippen LogP contribution in [-0.2, 0) is 10.3 Å². The maximum absolute atomic E-state index is 12.6. The van der Waals surface area contributed by atoms with Crippen LogP contribution in [0.2, 0.25) is 5.02 Å². The van der Waals surface area contributed by atoms with Crippen LogP contribution in [0, 0.1) is 0 Å². The van der Waals surface area contributed by atoms with Crippen LogP contribution in [0.15, 0.2) is 29.8 Å². The molecule has 128 valence electrons. The van der Waals surface area contributed by atoms with Crippen LogP contribution in [0.5, 0.6) is 5.75 Å². The first-order valence-corrected chi connectivity index (χ1v) is 9.16. The molecule has 24 heavy (non-hydrogen) atoms. The standard InChI is InChI=1S/C17H20ClN3O2S/c1-3-17(2,16-19-6-9-24-16)20-15(22)11-21-7-8-23-14-5-4-12(18)10-13(14)21/h4-6,9-10H,3,7-8,11H2,1-2H3,(H,20,22)/t17-/m0/s1. The minimum atomic E-state index is -0.450. The van der Waals surface area contributed by atoms with Crippen LogP contribution < -0.4 is 15.0 Å². The first kappa shape index (κ1) is 17.0. The minimum Gasteiger partial charge on any atom is -0.490 e. The molecule has 0 fully saturated rings. The molecule has 1 N–H and O–H groups in total. The third-order valence-electron chi connectivity index (χ3n) is 4.24. The zero-order chi connectivity index (χ0) is 17.2. The lowest BCUT2D eigenvalue weighted by Gasteiger charge is -2.33. The average Bonchev–Trinajstić information content (AvgIpc) is 3.10. The molecule has 1 aliphatic heterocycles. The van der Waals surface area contributed by atoms with Crippen molar-refractivity contribution in [3.05, 3.63) is 39.8 Å². The number of amides is 1. The summed E-state index contributed by atoms with van der Waals surface area (Å²) >= 11 is 7.64. The molecule has 0 radical (unpaired) electrons. The van der Waals surface area contributed by atoms with Gasteiger partial charge in [0.15, 0.2) is 0 Å². The van der Waals surface area contributed by atoms with Gasteiger partial charge >= 0.3 is 0 Å². The van der Waals surface area contributed by atoms with Gasteiger partial charge in [-0.2, -0.15) is 0 Å². The molecule has 7 heteroatoms. The number of rotatable bonds is 5. The van der Waals surface area contributed by atoms with E-state index in [-0.39, 0.29) is 12.5 Å². The van der Waals surface area contributed by atoms with Crippen LogP contribution >= 0.6 is 22.9 Å². The zero-order valence-corrected chi connectivity index (χ0v) is 15.3. The van der Waals surface area contributed by atoms with Crippen molar-refractivity contribution in [1.82, 2.24) is 10.3 Å². The van der Waals surface area contributed by atoms with E-state index in [1.54, 1.807) is 23.6 Å². The smallest absolute Gasteiger partial charge is 0.240 e. The van der Waals surface area contributed by atoms with E-state index >= 15 is 0 Å². The Morgan fingerprint density at radius 2 is 2.38 bits per heavy atom. The molecular formula is C17H20ClN3O2S. The SMILES string of the molecule is CC[C@](C)(NC(=O)CN1CCOc2ccc(Cl)cc21)c1nccs1. The number of aromatic nitrogens is 1. The fourth-order valence-corrected chi connectivity index (χ4v) is 3.71. The fraction of sp³-hybridized carbons (Fsp3) is 0.412. The molecule has 1 aromatic carbocycles. The number of carbonyl (C=O) groups is 1. The Balaban J connectivity index is 1.73. The summed E-state index contributed by atoms with van der Waals surface area (Å²) in [5.41, 5.74) is 0.408. The highest BCUT2D eigenvalue weighted by Gasteiger charge is 2.30. The number of nitrogens with zero attached hydrogens (tertiary/aromatic N) is 2. The molecular weight excluding hydrogens is 346 g/mol. The lowest BCUT2D eigenvalue weighted by molar-refractivity contribution is -0.121. The van der Waals surface area contributed by atoms with E-state index in [9.17, 15) is 4.79 Å². The van der Waals surface area contributed by atoms with E-state index in [1.165, 1.54) is 0 Å². The Bertz CT molecular complexity index is 723. The van der Waals surface area contributed by atoms with Gasteiger partial charge in [-0.25, -0.2) is 4.98 Å².